The molecule has 0 spiro atoms. The summed E-state index contributed by atoms with van der Waals surface area (Å²) < 4.78 is 16.6. The van der Waals surface area contributed by atoms with Gasteiger partial charge in [-0.1, -0.05) is 13.0 Å². The van der Waals surface area contributed by atoms with Crippen molar-refractivity contribution < 1.29 is 23.5 Å². The standard InChI is InChI=1S/C20H24N2O5/c1-11(15-6-5-9-25-15)20(3,4)27-19(24)17(21)13-7-8-16-14(10-13)22-18(23)12(2)26-16/h5-12,17H,21H2,1-4H3,(H,22,23). The molecule has 7 nitrogen and oxygen atoms in total. The minimum absolute atomic E-state index is 0.152. The summed E-state index contributed by atoms with van der Waals surface area (Å²) in [5.74, 6) is 0.308. The number of carbonyl (C=O) groups is 2. The molecule has 0 saturated heterocycles. The molecule has 0 bridgehead atoms. The molecule has 1 amide bonds. The summed E-state index contributed by atoms with van der Waals surface area (Å²) in [7, 11) is 0. The van der Waals surface area contributed by atoms with Crippen molar-refractivity contribution in [2.45, 2.75) is 51.4 Å². The number of nitrogens with one attached hydrogen (secondary N) is 1. The molecule has 3 rings (SSSR count). The SMILES string of the molecule is CC1Oc2ccc(C(N)C(=O)OC(C)(C)C(C)c3ccco3)cc2NC1=O. The number of ether oxygens (including phenoxy) is 2. The normalized spacial score (nSPS) is 18.7. The van der Waals surface area contributed by atoms with E-state index in [1.165, 1.54) is 0 Å². The van der Waals surface area contributed by atoms with Crippen LogP contribution in [-0.2, 0) is 14.3 Å². The quantitative estimate of drug-likeness (QED) is 0.782. The van der Waals surface area contributed by atoms with E-state index < -0.39 is 23.7 Å². The maximum absolute atomic E-state index is 12.6. The van der Waals surface area contributed by atoms with Crippen molar-refractivity contribution in [3.05, 3.63) is 47.9 Å². The first kappa shape index (κ1) is 19.0. The van der Waals surface area contributed by atoms with Gasteiger partial charge in [0, 0.05) is 0 Å². The van der Waals surface area contributed by atoms with E-state index in [0.717, 1.165) is 5.76 Å². The Labute approximate surface area is 157 Å². The van der Waals surface area contributed by atoms with Crippen LogP contribution in [0, 0.1) is 0 Å². The molecule has 0 saturated carbocycles. The molecule has 2 aromatic rings. The topological polar surface area (TPSA) is 104 Å². The zero-order valence-corrected chi connectivity index (χ0v) is 15.8. The first-order valence-electron chi connectivity index (χ1n) is 8.82. The van der Waals surface area contributed by atoms with Crippen LogP contribution >= 0.6 is 0 Å². The third kappa shape index (κ3) is 3.83. The average molecular weight is 372 g/mol. The maximum Gasteiger partial charge on any atom is 0.328 e. The summed E-state index contributed by atoms with van der Waals surface area (Å²) in [5, 5.41) is 2.74. The average Bonchev–Trinajstić information content (AvgIpc) is 3.15. The maximum atomic E-state index is 12.6. The van der Waals surface area contributed by atoms with E-state index in [0.29, 0.717) is 17.0 Å². The van der Waals surface area contributed by atoms with Gasteiger partial charge in [0.1, 0.15) is 23.2 Å². The Morgan fingerprint density at radius 3 is 2.74 bits per heavy atom. The number of esters is 1. The molecule has 144 valence electrons. The lowest BCUT2D eigenvalue weighted by molar-refractivity contribution is -0.160. The van der Waals surface area contributed by atoms with Gasteiger partial charge in [0.05, 0.1) is 17.9 Å². The largest absolute Gasteiger partial charge is 0.479 e. The van der Waals surface area contributed by atoms with Gasteiger partial charge in [0.2, 0.25) is 0 Å². The lowest BCUT2D eigenvalue weighted by atomic mass is 9.90. The number of anilines is 1. The van der Waals surface area contributed by atoms with Crippen LogP contribution in [0.25, 0.3) is 0 Å². The van der Waals surface area contributed by atoms with Gasteiger partial charge in [-0.15, -0.1) is 0 Å². The summed E-state index contributed by atoms with van der Waals surface area (Å²) in [4.78, 5) is 24.4. The second kappa shape index (κ2) is 7.08. The number of carbonyl (C=O) groups excluding carboxylic acids is 2. The molecule has 1 aliphatic heterocycles. The van der Waals surface area contributed by atoms with Crippen LogP contribution in [0.4, 0.5) is 5.69 Å². The summed E-state index contributed by atoms with van der Waals surface area (Å²) in [6.45, 7) is 7.21. The molecular weight excluding hydrogens is 348 g/mol. The van der Waals surface area contributed by atoms with Crippen LogP contribution in [-0.4, -0.2) is 23.6 Å². The van der Waals surface area contributed by atoms with E-state index >= 15 is 0 Å². The van der Waals surface area contributed by atoms with E-state index in [2.05, 4.69) is 5.32 Å². The van der Waals surface area contributed by atoms with Crippen molar-refractivity contribution >= 4 is 17.6 Å². The van der Waals surface area contributed by atoms with Crippen molar-refractivity contribution in [2.75, 3.05) is 5.32 Å². The minimum Gasteiger partial charge on any atom is -0.479 e. The number of hydrogen-bond acceptors (Lipinski definition) is 6. The Bertz CT molecular complexity index is 844. The molecule has 0 radical (unpaired) electrons. The number of benzene rings is 1. The predicted molar refractivity (Wildman–Crippen MR) is 99.4 cm³/mol. The Kier molecular flexibility index (Phi) is 4.97. The van der Waals surface area contributed by atoms with Crippen LogP contribution in [0.15, 0.2) is 41.0 Å². The molecule has 1 aromatic carbocycles. The van der Waals surface area contributed by atoms with Crippen molar-refractivity contribution in [1.82, 2.24) is 0 Å². The van der Waals surface area contributed by atoms with E-state index in [4.69, 9.17) is 19.6 Å². The molecule has 2 heterocycles. The Hall–Kier alpha value is -2.80. The van der Waals surface area contributed by atoms with Crippen molar-refractivity contribution in [1.29, 1.82) is 0 Å². The highest BCUT2D eigenvalue weighted by molar-refractivity contribution is 5.97. The first-order chi connectivity index (χ1) is 12.7. The molecule has 0 aliphatic carbocycles. The predicted octanol–water partition coefficient (Wildman–Crippen LogP) is 3.12. The van der Waals surface area contributed by atoms with Crippen molar-refractivity contribution in [3.8, 4) is 5.75 Å². The van der Waals surface area contributed by atoms with Gasteiger partial charge >= 0.3 is 5.97 Å². The molecule has 7 heteroatoms. The molecular formula is C20H24N2O5. The van der Waals surface area contributed by atoms with Gasteiger partial charge < -0.3 is 24.9 Å². The van der Waals surface area contributed by atoms with Crippen LogP contribution in [0.3, 0.4) is 0 Å². The highest BCUT2D eigenvalue weighted by Crippen LogP contribution is 2.34. The van der Waals surface area contributed by atoms with Gasteiger partial charge in [-0.2, -0.15) is 0 Å². The summed E-state index contributed by atoms with van der Waals surface area (Å²) in [5.41, 5.74) is 6.31. The third-order valence-corrected chi connectivity index (χ3v) is 4.92. The Balaban J connectivity index is 1.74. The molecule has 3 unspecified atom stereocenters. The van der Waals surface area contributed by atoms with E-state index in [-0.39, 0.29) is 11.8 Å². The van der Waals surface area contributed by atoms with E-state index in [9.17, 15) is 9.59 Å². The highest BCUT2D eigenvalue weighted by atomic mass is 16.6. The fourth-order valence-electron chi connectivity index (χ4n) is 2.85. The second-order valence-corrected chi connectivity index (χ2v) is 7.24. The third-order valence-electron chi connectivity index (χ3n) is 4.92. The van der Waals surface area contributed by atoms with Gasteiger partial charge in [0.15, 0.2) is 6.10 Å². The smallest absolute Gasteiger partial charge is 0.328 e. The number of hydrogen-bond donors (Lipinski definition) is 2. The fourth-order valence-corrected chi connectivity index (χ4v) is 2.85. The van der Waals surface area contributed by atoms with E-state index in [1.807, 2.05) is 26.8 Å². The first-order valence-corrected chi connectivity index (χ1v) is 8.82. The summed E-state index contributed by atoms with van der Waals surface area (Å²) >= 11 is 0. The number of rotatable bonds is 5. The van der Waals surface area contributed by atoms with E-state index in [1.54, 1.807) is 37.5 Å². The second-order valence-electron chi connectivity index (χ2n) is 7.24. The van der Waals surface area contributed by atoms with Gasteiger partial charge in [0.25, 0.3) is 5.91 Å². The molecule has 0 fully saturated rings. The Morgan fingerprint density at radius 1 is 1.33 bits per heavy atom. The van der Waals surface area contributed by atoms with Gasteiger partial charge in [-0.05, 0) is 50.6 Å². The molecule has 3 N–H and O–H groups in total. The van der Waals surface area contributed by atoms with Gasteiger partial charge in [-0.3, -0.25) is 4.79 Å². The van der Waals surface area contributed by atoms with Crippen molar-refractivity contribution in [2.24, 2.45) is 5.73 Å². The lowest BCUT2D eigenvalue weighted by Crippen LogP contribution is -2.38. The van der Waals surface area contributed by atoms with Crippen LogP contribution in [0.2, 0.25) is 0 Å². The highest BCUT2D eigenvalue weighted by Gasteiger charge is 2.35. The molecule has 3 atom stereocenters. The molecule has 1 aromatic heterocycles. The minimum atomic E-state index is -0.991. The summed E-state index contributed by atoms with van der Waals surface area (Å²) in [6, 6.07) is 7.65. The Morgan fingerprint density at radius 2 is 2.07 bits per heavy atom. The summed E-state index contributed by atoms with van der Waals surface area (Å²) in [6.07, 6.45) is 1.02. The van der Waals surface area contributed by atoms with Crippen molar-refractivity contribution in [3.63, 3.8) is 0 Å². The molecule has 1 aliphatic rings. The van der Waals surface area contributed by atoms with Crippen LogP contribution in [0.1, 0.15) is 51.0 Å². The number of nitrogens with two attached hydrogens (primary N) is 1. The fraction of sp³-hybridized carbons (Fsp3) is 0.400. The monoisotopic (exact) mass is 372 g/mol. The van der Waals surface area contributed by atoms with Crippen LogP contribution < -0.4 is 15.8 Å². The zero-order chi connectivity index (χ0) is 19.8. The number of fused-ring (bicyclic) bond motifs is 1. The van der Waals surface area contributed by atoms with Crippen LogP contribution in [0.5, 0.6) is 5.75 Å². The molecule has 27 heavy (non-hydrogen) atoms. The lowest BCUT2D eigenvalue weighted by Gasteiger charge is -2.31. The van der Waals surface area contributed by atoms with Gasteiger partial charge in [-0.25, -0.2) is 4.79 Å². The number of furan rings is 1. The zero-order valence-electron chi connectivity index (χ0n) is 15.8. The number of amides is 1.